The molecule has 5 heteroatoms. The number of hydrogen-bond acceptors (Lipinski definition) is 2. The number of aromatic nitrogens is 2. The largest absolute Gasteiger partial charge is 0.297 e. The third-order valence-electron chi connectivity index (χ3n) is 2.86. The molecular formula is C14H11Cl2N2O+. The molecule has 0 aliphatic heterocycles. The SMILES string of the molecule is CCO[n+]1nc2ccc(Cl)cc2c2cc(Cl)ccc21. The summed E-state index contributed by atoms with van der Waals surface area (Å²) < 4.78 is 0. The summed E-state index contributed by atoms with van der Waals surface area (Å²) in [5.41, 5.74) is 1.67. The fraction of sp³-hybridized carbons (Fsp3) is 0.143. The topological polar surface area (TPSA) is 26.0 Å². The number of nitrogens with zero attached hydrogens (tertiary/aromatic N) is 2. The van der Waals surface area contributed by atoms with Crippen LogP contribution < -0.4 is 9.68 Å². The summed E-state index contributed by atoms with van der Waals surface area (Å²) in [4.78, 5) is 7.06. The molecule has 0 spiro atoms. The molecule has 0 bridgehead atoms. The van der Waals surface area contributed by atoms with Crippen LogP contribution in [-0.4, -0.2) is 11.7 Å². The van der Waals surface area contributed by atoms with Crippen molar-refractivity contribution in [3.63, 3.8) is 0 Å². The summed E-state index contributed by atoms with van der Waals surface area (Å²) in [7, 11) is 0. The first-order valence-electron chi connectivity index (χ1n) is 5.93. The van der Waals surface area contributed by atoms with Crippen LogP contribution in [0.25, 0.3) is 21.8 Å². The number of benzene rings is 2. The highest BCUT2D eigenvalue weighted by Crippen LogP contribution is 2.26. The Kier molecular flexibility index (Phi) is 3.17. The summed E-state index contributed by atoms with van der Waals surface area (Å²) in [6.45, 7) is 2.46. The van der Waals surface area contributed by atoms with Crippen LogP contribution in [0.2, 0.25) is 10.0 Å². The molecule has 19 heavy (non-hydrogen) atoms. The Balaban J connectivity index is 2.47. The molecule has 3 aromatic rings. The molecule has 1 aromatic heterocycles. The monoisotopic (exact) mass is 293 g/mol. The van der Waals surface area contributed by atoms with E-state index >= 15 is 0 Å². The minimum Gasteiger partial charge on any atom is -0.245 e. The second-order valence-corrected chi connectivity index (χ2v) is 4.99. The van der Waals surface area contributed by atoms with Gasteiger partial charge in [0.05, 0.1) is 10.5 Å². The van der Waals surface area contributed by atoms with E-state index in [4.69, 9.17) is 28.0 Å². The van der Waals surface area contributed by atoms with Gasteiger partial charge in [0.25, 0.3) is 5.52 Å². The normalized spacial score (nSPS) is 11.1. The molecule has 0 atom stereocenters. The number of halogens is 2. The van der Waals surface area contributed by atoms with Crippen LogP contribution in [-0.2, 0) is 0 Å². The van der Waals surface area contributed by atoms with Crippen molar-refractivity contribution in [3.05, 3.63) is 46.4 Å². The van der Waals surface area contributed by atoms with Gasteiger partial charge in [-0.05, 0) is 37.3 Å². The van der Waals surface area contributed by atoms with Crippen molar-refractivity contribution in [2.45, 2.75) is 6.92 Å². The van der Waals surface area contributed by atoms with Crippen LogP contribution in [0, 0.1) is 0 Å². The first-order chi connectivity index (χ1) is 9.19. The Morgan fingerprint density at radius 1 is 1.05 bits per heavy atom. The lowest BCUT2D eigenvalue weighted by Gasteiger charge is -2.02. The minimum atomic E-state index is 0.536. The maximum Gasteiger partial charge on any atom is 0.297 e. The van der Waals surface area contributed by atoms with E-state index in [0.29, 0.717) is 16.7 Å². The summed E-state index contributed by atoms with van der Waals surface area (Å²) in [6, 6.07) is 11.2. The lowest BCUT2D eigenvalue weighted by atomic mass is 10.1. The maximum absolute atomic E-state index is 6.08. The van der Waals surface area contributed by atoms with Gasteiger partial charge in [-0.1, -0.05) is 23.2 Å². The molecule has 96 valence electrons. The van der Waals surface area contributed by atoms with Crippen LogP contribution in [0.1, 0.15) is 6.92 Å². The first-order valence-corrected chi connectivity index (χ1v) is 6.69. The predicted molar refractivity (Wildman–Crippen MR) is 76.6 cm³/mol. The molecule has 1 heterocycles. The average Bonchev–Trinajstić information content (AvgIpc) is 2.40. The zero-order valence-corrected chi connectivity index (χ0v) is 11.7. The van der Waals surface area contributed by atoms with E-state index in [2.05, 4.69) is 5.10 Å². The molecule has 0 saturated carbocycles. The maximum atomic E-state index is 6.08. The van der Waals surface area contributed by atoms with E-state index in [1.165, 1.54) is 4.85 Å². The zero-order chi connectivity index (χ0) is 13.4. The Morgan fingerprint density at radius 2 is 1.74 bits per heavy atom. The Hall–Kier alpha value is -1.58. The van der Waals surface area contributed by atoms with Gasteiger partial charge in [0.2, 0.25) is 0 Å². The Bertz CT molecular complexity index is 774. The van der Waals surface area contributed by atoms with Crippen molar-refractivity contribution in [1.82, 2.24) is 5.10 Å². The lowest BCUT2D eigenvalue weighted by Crippen LogP contribution is -2.46. The second kappa shape index (κ2) is 4.83. The van der Waals surface area contributed by atoms with Gasteiger partial charge >= 0.3 is 0 Å². The summed E-state index contributed by atoms with van der Waals surface area (Å²) in [5, 5.41) is 7.72. The second-order valence-electron chi connectivity index (χ2n) is 4.11. The molecule has 2 aromatic carbocycles. The van der Waals surface area contributed by atoms with Crippen molar-refractivity contribution in [2.24, 2.45) is 0 Å². The molecule has 3 nitrogen and oxygen atoms in total. The number of rotatable bonds is 2. The number of fused-ring (bicyclic) bond motifs is 3. The van der Waals surface area contributed by atoms with E-state index in [0.717, 1.165) is 21.8 Å². The number of hydrogen-bond donors (Lipinski definition) is 0. The van der Waals surface area contributed by atoms with Crippen LogP contribution >= 0.6 is 23.2 Å². The Labute approximate surface area is 120 Å². The van der Waals surface area contributed by atoms with E-state index < -0.39 is 0 Å². The van der Waals surface area contributed by atoms with Crippen LogP contribution in [0.4, 0.5) is 0 Å². The van der Waals surface area contributed by atoms with E-state index in [1.807, 2.05) is 43.3 Å². The molecule has 0 amide bonds. The standard InChI is InChI=1S/C14H11Cl2N2O/c1-2-19-18-14-6-4-10(16)8-12(14)11-7-9(15)3-5-13(11)17-18/h3-8H,2H2,1H3/q+1. The van der Waals surface area contributed by atoms with Crippen molar-refractivity contribution < 1.29 is 9.68 Å². The fourth-order valence-corrected chi connectivity index (χ4v) is 2.42. The molecule has 0 radical (unpaired) electrons. The van der Waals surface area contributed by atoms with Gasteiger partial charge in [0, 0.05) is 21.5 Å². The highest BCUT2D eigenvalue weighted by molar-refractivity contribution is 6.32. The van der Waals surface area contributed by atoms with Gasteiger partial charge in [-0.15, -0.1) is 0 Å². The van der Waals surface area contributed by atoms with Crippen molar-refractivity contribution in [3.8, 4) is 0 Å². The highest BCUT2D eigenvalue weighted by atomic mass is 35.5. The summed E-state index contributed by atoms with van der Waals surface area (Å²) in [5.74, 6) is 0. The van der Waals surface area contributed by atoms with Crippen LogP contribution in [0.3, 0.4) is 0 Å². The molecule has 0 aliphatic rings. The van der Waals surface area contributed by atoms with Crippen LogP contribution in [0.5, 0.6) is 0 Å². The summed E-state index contributed by atoms with van der Waals surface area (Å²) >= 11 is 12.1. The van der Waals surface area contributed by atoms with E-state index in [1.54, 1.807) is 0 Å². The van der Waals surface area contributed by atoms with Crippen molar-refractivity contribution >= 4 is 45.0 Å². The minimum absolute atomic E-state index is 0.536. The van der Waals surface area contributed by atoms with Gasteiger partial charge in [-0.2, -0.15) is 0 Å². The average molecular weight is 294 g/mol. The predicted octanol–water partition coefficient (Wildman–Crippen LogP) is 3.43. The smallest absolute Gasteiger partial charge is 0.245 e. The quantitative estimate of drug-likeness (QED) is 0.534. The van der Waals surface area contributed by atoms with E-state index in [9.17, 15) is 0 Å². The Morgan fingerprint density at radius 3 is 2.47 bits per heavy atom. The molecule has 0 fully saturated rings. The van der Waals surface area contributed by atoms with Gasteiger partial charge in [-0.25, -0.2) is 4.84 Å². The molecule has 0 N–H and O–H groups in total. The highest BCUT2D eigenvalue weighted by Gasteiger charge is 2.17. The van der Waals surface area contributed by atoms with E-state index in [-0.39, 0.29) is 0 Å². The summed E-state index contributed by atoms with van der Waals surface area (Å²) in [6.07, 6.45) is 0. The third kappa shape index (κ3) is 2.20. The van der Waals surface area contributed by atoms with Crippen molar-refractivity contribution in [2.75, 3.05) is 6.61 Å². The molecule has 3 rings (SSSR count). The molecular weight excluding hydrogens is 283 g/mol. The lowest BCUT2D eigenvalue weighted by molar-refractivity contribution is -0.913. The zero-order valence-electron chi connectivity index (χ0n) is 10.2. The van der Waals surface area contributed by atoms with Crippen LogP contribution in [0.15, 0.2) is 36.4 Å². The van der Waals surface area contributed by atoms with Crippen molar-refractivity contribution in [1.29, 1.82) is 0 Å². The molecule has 0 saturated heterocycles. The fourth-order valence-electron chi connectivity index (χ4n) is 2.07. The van der Waals surface area contributed by atoms with Gasteiger partial charge in [0.1, 0.15) is 10.4 Å². The van der Waals surface area contributed by atoms with Gasteiger partial charge in [0.15, 0.2) is 6.61 Å². The first kappa shape index (κ1) is 12.5. The molecule has 0 unspecified atom stereocenters. The molecule has 0 aliphatic carbocycles. The van der Waals surface area contributed by atoms with Gasteiger partial charge < -0.3 is 0 Å². The van der Waals surface area contributed by atoms with Gasteiger partial charge in [-0.3, -0.25) is 0 Å². The third-order valence-corrected chi connectivity index (χ3v) is 3.33.